The quantitative estimate of drug-likeness (QED) is 0.813. The van der Waals surface area contributed by atoms with Gasteiger partial charge in [0.15, 0.2) is 12.6 Å². The van der Waals surface area contributed by atoms with E-state index < -0.39 is 0 Å². The smallest absolute Gasteiger partial charge is 0.195 e. The minimum Gasteiger partial charge on any atom is -0.361 e. The van der Waals surface area contributed by atoms with Crippen molar-refractivity contribution in [3.8, 4) is 11.3 Å². The van der Waals surface area contributed by atoms with Crippen molar-refractivity contribution in [2.24, 2.45) is 0 Å². The van der Waals surface area contributed by atoms with E-state index in [1.54, 1.807) is 0 Å². The Kier molecular flexibility index (Phi) is 2.69. The second kappa shape index (κ2) is 4.23. The van der Waals surface area contributed by atoms with E-state index in [2.05, 4.69) is 12.1 Å². The van der Waals surface area contributed by atoms with Crippen LogP contribution < -0.4 is 0 Å². The van der Waals surface area contributed by atoms with Crippen molar-refractivity contribution < 1.29 is 14.0 Å². The highest BCUT2D eigenvalue weighted by Gasteiger charge is 2.34. The molecule has 0 saturated carbocycles. The van der Waals surface area contributed by atoms with Gasteiger partial charge in [-0.1, -0.05) is 35.0 Å². The van der Waals surface area contributed by atoms with Crippen LogP contribution in [0.4, 0.5) is 0 Å². The van der Waals surface area contributed by atoms with E-state index in [1.807, 2.05) is 38.1 Å². The SMILES string of the molecule is Cc1ccc(-c2noc(C)c2C2OC(C)O2)cc1. The molecular formula is C14H15NO3. The third kappa shape index (κ3) is 1.83. The summed E-state index contributed by atoms with van der Waals surface area (Å²) in [4.78, 5) is 0. The number of nitrogens with zero attached hydrogens (tertiary/aromatic N) is 1. The summed E-state index contributed by atoms with van der Waals surface area (Å²) in [7, 11) is 0. The molecule has 2 heterocycles. The van der Waals surface area contributed by atoms with Crippen LogP contribution in [0.5, 0.6) is 0 Å². The average molecular weight is 245 g/mol. The monoisotopic (exact) mass is 245 g/mol. The van der Waals surface area contributed by atoms with Crippen molar-refractivity contribution >= 4 is 0 Å². The van der Waals surface area contributed by atoms with Gasteiger partial charge >= 0.3 is 0 Å². The Labute approximate surface area is 105 Å². The number of hydrogen-bond donors (Lipinski definition) is 0. The lowest BCUT2D eigenvalue weighted by Gasteiger charge is -2.33. The molecule has 0 bridgehead atoms. The van der Waals surface area contributed by atoms with Crippen LogP contribution in [0.25, 0.3) is 11.3 Å². The Balaban J connectivity index is 1.99. The van der Waals surface area contributed by atoms with Gasteiger partial charge in [-0.25, -0.2) is 0 Å². The third-order valence-corrected chi connectivity index (χ3v) is 3.10. The molecule has 1 fully saturated rings. The topological polar surface area (TPSA) is 44.5 Å². The maximum atomic E-state index is 5.53. The number of hydrogen-bond acceptors (Lipinski definition) is 4. The predicted octanol–water partition coefficient (Wildman–Crippen LogP) is 3.35. The van der Waals surface area contributed by atoms with Gasteiger partial charge in [-0.15, -0.1) is 0 Å². The molecule has 0 amide bonds. The summed E-state index contributed by atoms with van der Waals surface area (Å²) >= 11 is 0. The summed E-state index contributed by atoms with van der Waals surface area (Å²) in [6.45, 7) is 5.79. The second-order valence-electron chi connectivity index (χ2n) is 4.54. The number of benzene rings is 1. The van der Waals surface area contributed by atoms with Gasteiger partial charge in [-0.3, -0.25) is 0 Å². The largest absolute Gasteiger partial charge is 0.361 e. The lowest BCUT2D eigenvalue weighted by molar-refractivity contribution is -0.382. The predicted molar refractivity (Wildman–Crippen MR) is 65.8 cm³/mol. The van der Waals surface area contributed by atoms with Crippen LogP contribution in [0.15, 0.2) is 28.8 Å². The second-order valence-corrected chi connectivity index (χ2v) is 4.54. The highest BCUT2D eigenvalue weighted by molar-refractivity contribution is 5.64. The van der Waals surface area contributed by atoms with Crippen molar-refractivity contribution in [1.82, 2.24) is 5.16 Å². The van der Waals surface area contributed by atoms with Crippen molar-refractivity contribution in [2.45, 2.75) is 33.4 Å². The Bertz CT molecular complexity index is 553. The standard InChI is InChI=1S/C14H15NO3/c1-8-4-6-11(7-5-8)13-12(9(2)18-15-13)14-16-10(3)17-14/h4-7,10,14H,1-3H3. The summed E-state index contributed by atoms with van der Waals surface area (Å²) in [5.74, 6) is 0.738. The fourth-order valence-corrected chi connectivity index (χ4v) is 2.07. The zero-order valence-electron chi connectivity index (χ0n) is 10.6. The van der Waals surface area contributed by atoms with Crippen LogP contribution in [0, 0.1) is 13.8 Å². The molecule has 3 rings (SSSR count). The maximum Gasteiger partial charge on any atom is 0.195 e. The summed E-state index contributed by atoms with van der Waals surface area (Å²) < 4.78 is 16.3. The molecule has 2 aromatic rings. The summed E-state index contributed by atoms with van der Waals surface area (Å²) in [5, 5.41) is 4.11. The molecular weight excluding hydrogens is 230 g/mol. The van der Waals surface area contributed by atoms with Crippen molar-refractivity contribution in [3.63, 3.8) is 0 Å². The van der Waals surface area contributed by atoms with E-state index in [1.165, 1.54) is 5.56 Å². The maximum absolute atomic E-state index is 5.53. The molecule has 0 spiro atoms. The summed E-state index contributed by atoms with van der Waals surface area (Å²) in [5.41, 5.74) is 3.91. The molecule has 1 aliphatic heterocycles. The van der Waals surface area contributed by atoms with Crippen LogP contribution in [-0.2, 0) is 9.47 Å². The first kappa shape index (κ1) is 11.4. The average Bonchev–Trinajstić information content (AvgIpc) is 2.68. The van der Waals surface area contributed by atoms with E-state index >= 15 is 0 Å². The molecule has 1 aromatic heterocycles. The van der Waals surface area contributed by atoms with Crippen LogP contribution in [-0.4, -0.2) is 11.4 Å². The van der Waals surface area contributed by atoms with Gasteiger partial charge < -0.3 is 14.0 Å². The van der Waals surface area contributed by atoms with Crippen molar-refractivity contribution in [2.75, 3.05) is 0 Å². The lowest BCUT2D eigenvalue weighted by atomic mass is 10.0. The molecule has 0 unspecified atom stereocenters. The van der Waals surface area contributed by atoms with Crippen LogP contribution in [0.2, 0.25) is 0 Å². The van der Waals surface area contributed by atoms with Gasteiger partial charge in [-0.2, -0.15) is 0 Å². The van der Waals surface area contributed by atoms with Crippen molar-refractivity contribution in [3.05, 3.63) is 41.2 Å². The Morgan fingerprint density at radius 1 is 1.06 bits per heavy atom. The Morgan fingerprint density at radius 3 is 2.33 bits per heavy atom. The minimum atomic E-state index is -0.359. The zero-order chi connectivity index (χ0) is 12.7. The third-order valence-electron chi connectivity index (χ3n) is 3.10. The number of aromatic nitrogens is 1. The Morgan fingerprint density at radius 2 is 1.72 bits per heavy atom. The molecule has 4 heteroatoms. The first-order valence-electron chi connectivity index (χ1n) is 5.99. The molecule has 0 aliphatic carbocycles. The fourth-order valence-electron chi connectivity index (χ4n) is 2.07. The van der Waals surface area contributed by atoms with Crippen molar-refractivity contribution in [1.29, 1.82) is 0 Å². The summed E-state index contributed by atoms with van der Waals surface area (Å²) in [6.07, 6.45) is -0.516. The van der Waals surface area contributed by atoms with E-state index in [9.17, 15) is 0 Å². The first-order valence-corrected chi connectivity index (χ1v) is 5.99. The van der Waals surface area contributed by atoms with Gasteiger partial charge in [0.2, 0.25) is 0 Å². The van der Waals surface area contributed by atoms with Gasteiger partial charge in [0.05, 0.1) is 5.56 Å². The van der Waals surface area contributed by atoms with E-state index in [0.717, 1.165) is 22.6 Å². The van der Waals surface area contributed by atoms with Gasteiger partial charge in [0.1, 0.15) is 11.5 Å². The normalized spacial score (nSPS) is 22.8. The van der Waals surface area contributed by atoms with Crippen LogP contribution in [0.3, 0.4) is 0 Å². The molecule has 0 N–H and O–H groups in total. The molecule has 0 atom stereocenters. The lowest BCUT2D eigenvalue weighted by Crippen LogP contribution is -2.32. The number of aryl methyl sites for hydroxylation is 2. The number of rotatable bonds is 2. The number of ether oxygens (including phenoxy) is 2. The zero-order valence-corrected chi connectivity index (χ0v) is 10.6. The van der Waals surface area contributed by atoms with Gasteiger partial charge in [0.25, 0.3) is 0 Å². The minimum absolute atomic E-state index is 0.157. The molecule has 1 aromatic carbocycles. The molecule has 1 aliphatic rings. The molecule has 94 valence electrons. The summed E-state index contributed by atoms with van der Waals surface area (Å²) in [6, 6.07) is 8.15. The first-order chi connectivity index (χ1) is 8.65. The molecule has 4 nitrogen and oxygen atoms in total. The highest BCUT2D eigenvalue weighted by atomic mass is 16.9. The fraction of sp³-hybridized carbons (Fsp3) is 0.357. The molecule has 18 heavy (non-hydrogen) atoms. The van der Waals surface area contributed by atoms with E-state index in [-0.39, 0.29) is 12.6 Å². The van der Waals surface area contributed by atoms with Gasteiger partial charge in [0, 0.05) is 5.56 Å². The van der Waals surface area contributed by atoms with Crippen LogP contribution >= 0.6 is 0 Å². The van der Waals surface area contributed by atoms with E-state index in [4.69, 9.17) is 14.0 Å². The van der Waals surface area contributed by atoms with Crippen LogP contribution in [0.1, 0.15) is 30.1 Å². The molecule has 0 radical (unpaired) electrons. The highest BCUT2D eigenvalue weighted by Crippen LogP contribution is 2.39. The van der Waals surface area contributed by atoms with E-state index in [0.29, 0.717) is 0 Å². The molecule has 1 saturated heterocycles. The Hall–Kier alpha value is -1.65. The van der Waals surface area contributed by atoms with Gasteiger partial charge in [-0.05, 0) is 20.8 Å².